The lowest BCUT2D eigenvalue weighted by atomic mass is 9.95. The molecule has 0 saturated carbocycles. The standard InChI is InChI=1S/C20H21BrClN3O4S/c1-3-29-20(26)16-15(11-28-8-7-27-2)24-18(19-23-6-9-30-19)25-17(16)13-5-4-12(22)10-14(13)21/h4-6,9-10,17H,3,7-8,11H2,1-2H3,(H,24,25). The average Bonchev–Trinajstić information content (AvgIpc) is 3.26. The largest absolute Gasteiger partial charge is 0.463 e. The van der Waals surface area contributed by atoms with Crippen LogP contribution in [0, 0.1) is 0 Å². The Balaban J connectivity index is 2.07. The number of halogens is 2. The van der Waals surface area contributed by atoms with Crippen LogP contribution in [0.25, 0.3) is 0 Å². The van der Waals surface area contributed by atoms with Gasteiger partial charge in [-0.15, -0.1) is 11.3 Å². The van der Waals surface area contributed by atoms with E-state index >= 15 is 0 Å². The van der Waals surface area contributed by atoms with Crippen molar-refractivity contribution in [1.82, 2.24) is 10.3 Å². The van der Waals surface area contributed by atoms with Gasteiger partial charge in [-0.2, -0.15) is 0 Å². The molecule has 10 heteroatoms. The second kappa shape index (κ2) is 11.0. The third-order valence-electron chi connectivity index (χ3n) is 4.19. The molecule has 2 aromatic rings. The first-order chi connectivity index (χ1) is 14.5. The van der Waals surface area contributed by atoms with Crippen LogP contribution in [-0.4, -0.2) is 50.3 Å². The van der Waals surface area contributed by atoms with E-state index in [0.29, 0.717) is 40.3 Å². The van der Waals surface area contributed by atoms with E-state index in [0.717, 1.165) is 10.0 Å². The van der Waals surface area contributed by atoms with Gasteiger partial charge in [-0.25, -0.2) is 9.78 Å². The fourth-order valence-electron chi connectivity index (χ4n) is 2.87. The van der Waals surface area contributed by atoms with E-state index in [1.807, 2.05) is 11.4 Å². The molecule has 1 unspecified atom stereocenters. The highest BCUT2D eigenvalue weighted by Gasteiger charge is 2.33. The van der Waals surface area contributed by atoms with Crippen LogP contribution in [0.4, 0.5) is 0 Å². The van der Waals surface area contributed by atoms with E-state index < -0.39 is 12.0 Å². The van der Waals surface area contributed by atoms with Gasteiger partial charge in [-0.1, -0.05) is 33.6 Å². The molecule has 2 heterocycles. The van der Waals surface area contributed by atoms with Crippen LogP contribution >= 0.6 is 38.9 Å². The highest BCUT2D eigenvalue weighted by Crippen LogP contribution is 2.37. The van der Waals surface area contributed by atoms with Gasteiger partial charge in [0.05, 0.1) is 37.7 Å². The molecule has 3 rings (SSSR count). The highest BCUT2D eigenvalue weighted by molar-refractivity contribution is 9.10. The maximum Gasteiger partial charge on any atom is 0.338 e. The number of ether oxygens (including phenoxy) is 3. The van der Waals surface area contributed by atoms with Crippen LogP contribution in [0.15, 0.2) is 50.5 Å². The van der Waals surface area contributed by atoms with Crippen LogP contribution in [-0.2, 0) is 19.0 Å². The van der Waals surface area contributed by atoms with Crippen molar-refractivity contribution in [3.63, 3.8) is 0 Å². The molecule has 30 heavy (non-hydrogen) atoms. The number of methoxy groups -OCH3 is 1. The Morgan fingerprint density at radius 3 is 2.87 bits per heavy atom. The van der Waals surface area contributed by atoms with Gasteiger partial charge < -0.3 is 19.5 Å². The van der Waals surface area contributed by atoms with Crippen molar-refractivity contribution >= 4 is 50.7 Å². The fraction of sp³-hybridized carbons (Fsp3) is 0.350. The van der Waals surface area contributed by atoms with Crippen molar-refractivity contribution in [2.24, 2.45) is 4.99 Å². The van der Waals surface area contributed by atoms with E-state index in [2.05, 4.69) is 26.2 Å². The van der Waals surface area contributed by atoms with Gasteiger partial charge in [-0.3, -0.25) is 4.99 Å². The molecule has 1 aliphatic rings. The van der Waals surface area contributed by atoms with Gasteiger partial charge in [0.1, 0.15) is 6.04 Å². The predicted molar refractivity (Wildman–Crippen MR) is 120 cm³/mol. The number of esters is 1. The number of hydrogen-bond acceptors (Lipinski definition) is 8. The number of benzene rings is 1. The third kappa shape index (κ3) is 5.47. The summed E-state index contributed by atoms with van der Waals surface area (Å²) in [6.45, 7) is 3.01. The normalized spacial score (nSPS) is 16.3. The van der Waals surface area contributed by atoms with E-state index in [9.17, 15) is 4.79 Å². The van der Waals surface area contributed by atoms with Crippen molar-refractivity contribution in [2.75, 3.05) is 33.5 Å². The maximum absolute atomic E-state index is 12.9. The minimum atomic E-state index is -0.614. The number of amidine groups is 1. The molecule has 0 saturated heterocycles. The summed E-state index contributed by atoms with van der Waals surface area (Å²) in [6, 6.07) is 4.76. The number of aromatic nitrogens is 1. The van der Waals surface area contributed by atoms with Gasteiger partial charge in [0.2, 0.25) is 0 Å². The number of hydrogen-bond donors (Lipinski definition) is 1. The topological polar surface area (TPSA) is 82.0 Å². The predicted octanol–water partition coefficient (Wildman–Crippen LogP) is 4.13. The Kier molecular flexibility index (Phi) is 8.41. The molecule has 7 nitrogen and oxygen atoms in total. The lowest BCUT2D eigenvalue weighted by molar-refractivity contribution is -0.139. The summed E-state index contributed by atoms with van der Waals surface area (Å²) >= 11 is 11.1. The molecular weight excluding hydrogens is 494 g/mol. The molecule has 1 aromatic carbocycles. The lowest BCUT2D eigenvalue weighted by Crippen LogP contribution is -2.36. The number of carbonyl (C=O) groups is 1. The Morgan fingerprint density at radius 2 is 2.20 bits per heavy atom. The number of aliphatic imine (C=N–C) groups is 1. The molecule has 0 amide bonds. The summed E-state index contributed by atoms with van der Waals surface area (Å²) in [5, 5.41) is 6.38. The van der Waals surface area contributed by atoms with Gasteiger partial charge in [-0.05, 0) is 24.6 Å². The molecule has 0 spiro atoms. The number of nitrogens with one attached hydrogen (secondary N) is 1. The summed E-state index contributed by atoms with van der Waals surface area (Å²) in [5.74, 6) is 0.111. The Bertz CT molecular complexity index is 950. The zero-order valence-electron chi connectivity index (χ0n) is 16.5. The highest BCUT2D eigenvalue weighted by atomic mass is 79.9. The number of rotatable bonds is 9. The SMILES string of the molecule is CCOC(=O)C1=C(COCCOC)NC(c2nccs2)=NC1c1ccc(Cl)cc1Br. The van der Waals surface area contributed by atoms with Crippen molar-refractivity contribution in [3.05, 3.63) is 61.1 Å². The Morgan fingerprint density at radius 1 is 1.37 bits per heavy atom. The van der Waals surface area contributed by atoms with Gasteiger partial charge in [0.25, 0.3) is 0 Å². The van der Waals surface area contributed by atoms with Gasteiger partial charge >= 0.3 is 5.97 Å². The molecule has 1 atom stereocenters. The Hall–Kier alpha value is -1.78. The quantitative estimate of drug-likeness (QED) is 0.400. The van der Waals surface area contributed by atoms with Crippen LogP contribution in [0.2, 0.25) is 5.02 Å². The number of thiazole rings is 1. The van der Waals surface area contributed by atoms with Gasteiger partial charge in [0.15, 0.2) is 10.8 Å². The third-order valence-corrected chi connectivity index (χ3v) is 5.89. The van der Waals surface area contributed by atoms with E-state index in [1.54, 1.807) is 32.4 Å². The molecule has 1 aliphatic heterocycles. The smallest absolute Gasteiger partial charge is 0.338 e. The lowest BCUT2D eigenvalue weighted by Gasteiger charge is -2.27. The first-order valence-electron chi connectivity index (χ1n) is 9.21. The van der Waals surface area contributed by atoms with Crippen LogP contribution in [0.3, 0.4) is 0 Å². The summed E-state index contributed by atoms with van der Waals surface area (Å²) in [5.41, 5.74) is 1.75. The summed E-state index contributed by atoms with van der Waals surface area (Å²) in [4.78, 5) is 22.1. The van der Waals surface area contributed by atoms with Crippen LogP contribution in [0.1, 0.15) is 23.5 Å². The second-order valence-corrected chi connectivity index (χ2v) is 8.35. The average molecular weight is 515 g/mol. The molecule has 160 valence electrons. The molecule has 0 fully saturated rings. The maximum atomic E-state index is 12.9. The van der Waals surface area contributed by atoms with Crippen LogP contribution in [0.5, 0.6) is 0 Å². The van der Waals surface area contributed by atoms with Crippen LogP contribution < -0.4 is 5.32 Å². The number of nitrogens with zero attached hydrogens (tertiary/aromatic N) is 2. The Labute approximate surface area is 192 Å². The first kappa shape index (κ1) is 22.9. The number of carbonyl (C=O) groups excluding carboxylic acids is 1. The second-order valence-electron chi connectivity index (χ2n) is 6.17. The van der Waals surface area contributed by atoms with E-state index in [-0.39, 0.29) is 13.2 Å². The summed E-state index contributed by atoms with van der Waals surface area (Å²) in [7, 11) is 1.60. The van der Waals surface area contributed by atoms with Crippen molar-refractivity contribution in [1.29, 1.82) is 0 Å². The zero-order valence-corrected chi connectivity index (χ0v) is 19.6. The van der Waals surface area contributed by atoms with Gasteiger partial charge in [0, 0.05) is 28.2 Å². The molecule has 1 N–H and O–H groups in total. The first-order valence-corrected chi connectivity index (χ1v) is 11.3. The molecule has 0 bridgehead atoms. The summed E-state index contributed by atoms with van der Waals surface area (Å²) < 4.78 is 16.8. The monoisotopic (exact) mass is 513 g/mol. The van der Waals surface area contributed by atoms with Crippen molar-refractivity contribution in [3.8, 4) is 0 Å². The fourth-order valence-corrected chi connectivity index (χ4v) is 4.36. The van der Waals surface area contributed by atoms with Crippen molar-refractivity contribution < 1.29 is 19.0 Å². The molecular formula is C20H21BrClN3O4S. The molecule has 0 radical (unpaired) electrons. The minimum Gasteiger partial charge on any atom is -0.463 e. The van der Waals surface area contributed by atoms with E-state index in [1.165, 1.54) is 11.3 Å². The van der Waals surface area contributed by atoms with Crippen molar-refractivity contribution in [2.45, 2.75) is 13.0 Å². The minimum absolute atomic E-state index is 0.170. The zero-order chi connectivity index (χ0) is 21.5. The molecule has 0 aliphatic carbocycles. The van der Waals surface area contributed by atoms with E-state index in [4.69, 9.17) is 30.8 Å². The summed E-state index contributed by atoms with van der Waals surface area (Å²) in [6.07, 6.45) is 1.71. The molecule has 1 aromatic heterocycles.